The third kappa shape index (κ3) is 15.8. The molecular weight excluding hydrogens is 826 g/mol. The molecule has 2 unspecified atom stereocenters. The molecular formula is C45H67F3N6O9. The van der Waals surface area contributed by atoms with Gasteiger partial charge in [-0.25, -0.2) is 4.79 Å². The number of aliphatic hydroxyl groups is 1. The fourth-order valence-electron chi connectivity index (χ4n) is 6.90. The van der Waals surface area contributed by atoms with Gasteiger partial charge in [0.25, 0.3) is 5.91 Å². The van der Waals surface area contributed by atoms with Crippen LogP contribution in [0.1, 0.15) is 99.6 Å². The molecule has 0 saturated heterocycles. The quantitative estimate of drug-likeness (QED) is 0.199. The van der Waals surface area contributed by atoms with Gasteiger partial charge in [-0.15, -0.1) is 0 Å². The van der Waals surface area contributed by atoms with E-state index in [0.717, 1.165) is 21.9 Å². The Morgan fingerprint density at radius 3 is 2.02 bits per heavy atom. The molecule has 1 aromatic carbocycles. The van der Waals surface area contributed by atoms with Crippen molar-refractivity contribution in [3.8, 4) is 0 Å². The van der Waals surface area contributed by atoms with E-state index in [2.05, 4.69) is 21.3 Å². The van der Waals surface area contributed by atoms with Crippen LogP contribution >= 0.6 is 0 Å². The van der Waals surface area contributed by atoms with Crippen molar-refractivity contribution in [1.82, 2.24) is 31.1 Å². The summed E-state index contributed by atoms with van der Waals surface area (Å²) in [7, 11) is 2.56. The van der Waals surface area contributed by atoms with Crippen molar-refractivity contribution in [2.75, 3.05) is 20.6 Å². The zero-order valence-corrected chi connectivity index (χ0v) is 38.5. The fourth-order valence-corrected chi connectivity index (χ4v) is 6.90. The Hall–Kier alpha value is -5.26. The first-order chi connectivity index (χ1) is 29.2. The van der Waals surface area contributed by atoms with E-state index < -0.39 is 114 Å². The number of hydrogen-bond acceptors (Lipinski definition) is 9. The average molecular weight is 893 g/mol. The molecule has 63 heavy (non-hydrogen) atoms. The van der Waals surface area contributed by atoms with Gasteiger partial charge in [0.15, 0.2) is 6.10 Å². The minimum Gasteiger partial charge on any atom is -0.449 e. The number of hydrogen-bond donors (Lipinski definition) is 5. The van der Waals surface area contributed by atoms with Gasteiger partial charge in [-0.1, -0.05) is 70.9 Å². The second-order valence-corrected chi connectivity index (χ2v) is 17.0. The van der Waals surface area contributed by atoms with Crippen molar-refractivity contribution in [3.63, 3.8) is 0 Å². The number of likely N-dealkylation sites (N-methyl/N-ethyl adjacent to an activating group) is 2. The number of esters is 1. The maximum atomic E-state index is 14.2. The Morgan fingerprint density at radius 1 is 0.889 bits per heavy atom. The number of aliphatic hydroxyl groups excluding tert-OH is 1. The highest BCUT2D eigenvalue weighted by Gasteiger charge is 2.37. The largest absolute Gasteiger partial charge is 0.449 e. The molecule has 0 aromatic heterocycles. The zero-order valence-electron chi connectivity index (χ0n) is 38.5. The molecule has 0 fully saturated rings. The zero-order chi connectivity index (χ0) is 48.1. The van der Waals surface area contributed by atoms with Crippen molar-refractivity contribution in [2.45, 2.75) is 144 Å². The number of alkyl halides is 3. The summed E-state index contributed by atoms with van der Waals surface area (Å²) in [5.41, 5.74) is 0.130. The monoisotopic (exact) mass is 892 g/mol. The highest BCUT2D eigenvalue weighted by atomic mass is 19.4. The van der Waals surface area contributed by atoms with Gasteiger partial charge in [-0.2, -0.15) is 13.2 Å². The molecule has 2 rings (SSSR count). The molecule has 6 amide bonds. The van der Waals surface area contributed by atoms with Gasteiger partial charge in [-0.05, 0) is 77.0 Å². The minimum atomic E-state index is -4.63. The van der Waals surface area contributed by atoms with Gasteiger partial charge in [0.2, 0.25) is 29.5 Å². The first kappa shape index (κ1) is 53.9. The van der Waals surface area contributed by atoms with Gasteiger partial charge in [-0.3, -0.25) is 28.8 Å². The Labute approximate surface area is 369 Å². The number of nitrogens with zero attached hydrogens (tertiary/aromatic N) is 2. The van der Waals surface area contributed by atoms with Crippen molar-refractivity contribution in [3.05, 3.63) is 58.7 Å². The van der Waals surface area contributed by atoms with Crippen LogP contribution in [0.25, 0.3) is 0 Å². The predicted molar refractivity (Wildman–Crippen MR) is 230 cm³/mol. The Bertz CT molecular complexity index is 1850. The molecule has 1 heterocycles. The molecule has 0 saturated carbocycles. The molecule has 0 radical (unpaired) electrons. The first-order valence-corrected chi connectivity index (χ1v) is 21.3. The predicted octanol–water partition coefficient (Wildman–Crippen LogP) is 3.83. The van der Waals surface area contributed by atoms with E-state index in [4.69, 9.17) is 4.74 Å². The highest BCUT2D eigenvalue weighted by molar-refractivity contribution is 5.96. The molecule has 5 N–H and O–H groups in total. The summed E-state index contributed by atoms with van der Waals surface area (Å²) in [4.78, 5) is 98.0. The van der Waals surface area contributed by atoms with E-state index in [1.807, 2.05) is 0 Å². The van der Waals surface area contributed by atoms with E-state index in [-0.39, 0.29) is 36.3 Å². The third-order valence-electron chi connectivity index (χ3n) is 11.5. The number of rotatable bonds is 7. The van der Waals surface area contributed by atoms with Crippen LogP contribution in [0.15, 0.2) is 47.6 Å². The van der Waals surface area contributed by atoms with Crippen LogP contribution in [0.5, 0.6) is 0 Å². The summed E-state index contributed by atoms with van der Waals surface area (Å²) in [5, 5.41) is 22.0. The molecule has 1 aromatic rings. The van der Waals surface area contributed by atoms with Gasteiger partial charge < -0.3 is 40.9 Å². The van der Waals surface area contributed by atoms with Crippen LogP contribution in [-0.2, 0) is 50.9 Å². The topological polar surface area (TPSA) is 204 Å². The summed E-state index contributed by atoms with van der Waals surface area (Å²) in [6.07, 6.45) is -3.63. The lowest BCUT2D eigenvalue weighted by Crippen LogP contribution is -2.58. The number of ether oxygens (including phenoxy) is 1. The molecule has 352 valence electrons. The molecule has 0 spiro atoms. The lowest BCUT2D eigenvalue weighted by atomic mass is 9.88. The average Bonchev–Trinajstić information content (AvgIpc) is 3.22. The van der Waals surface area contributed by atoms with Gasteiger partial charge in [0, 0.05) is 32.0 Å². The van der Waals surface area contributed by atoms with E-state index in [9.17, 15) is 51.8 Å². The summed E-state index contributed by atoms with van der Waals surface area (Å²) in [6, 6.07) is -1.62. The van der Waals surface area contributed by atoms with E-state index >= 15 is 0 Å². The smallest absolute Gasteiger partial charge is 0.416 e. The van der Waals surface area contributed by atoms with E-state index in [1.165, 1.54) is 53.1 Å². The van der Waals surface area contributed by atoms with Crippen LogP contribution in [0, 0.1) is 17.8 Å². The fraction of sp³-hybridized carbons (Fsp3) is 0.622. The van der Waals surface area contributed by atoms with Crippen LogP contribution in [0.3, 0.4) is 0 Å². The molecule has 0 aliphatic carbocycles. The van der Waals surface area contributed by atoms with Gasteiger partial charge >= 0.3 is 12.1 Å². The normalized spacial score (nSPS) is 28.0. The van der Waals surface area contributed by atoms with Crippen molar-refractivity contribution in [1.29, 1.82) is 0 Å². The Balaban J connectivity index is 2.66. The van der Waals surface area contributed by atoms with Crippen molar-refractivity contribution < 1.29 is 56.6 Å². The summed E-state index contributed by atoms with van der Waals surface area (Å²) in [5.74, 6) is -6.40. The molecule has 15 nitrogen and oxygen atoms in total. The number of allylic oxidation sites excluding steroid dienone is 1. The summed E-state index contributed by atoms with van der Waals surface area (Å²) in [6.45, 7) is 16.1. The van der Waals surface area contributed by atoms with E-state index in [1.54, 1.807) is 54.5 Å². The number of cyclic esters (lactones) is 1. The Morgan fingerprint density at radius 2 is 1.48 bits per heavy atom. The number of benzene rings is 1. The third-order valence-corrected chi connectivity index (χ3v) is 11.5. The standard InChI is InChI=1S/C45H67F3N6O9/c1-13-25(5)37-28(8)34(55)20-15-27(7)44(62)63-35(21-24(3)4)40(58)50-30(10)42(60)54(12)33(22-31-16-18-32(19-17-31)45(46,47)48)43(61)53(11)23-36(56)51-38(26(6)14-2)41(59)49-29(9)39(57)52-37/h13,15-19,24,26,28-30,33-35,37-38,55H,14,20-23H2,1-12H3,(H,49,59)(H,50,58)(H,51,56)(H,52,57)/b25-13+,27-15+/t26?,28-,29+,30-,33+,34-,35+,37+,38?/m0/s1. The van der Waals surface area contributed by atoms with Crippen LogP contribution in [0.2, 0.25) is 0 Å². The second-order valence-electron chi connectivity index (χ2n) is 17.0. The SMILES string of the molecule is C/C=C(\C)[C@H]1NC(=O)[C@@H](C)NC(=O)C(C(C)CC)NC(=O)CN(C)C(=O)[C@@H](Cc2ccc(C(F)(F)F)cc2)N(C)C(=O)[C@H](C)NC(=O)[C@@H](CC(C)C)OC(=O)/C(C)=C/C[C@H](O)[C@@H]1C. The van der Waals surface area contributed by atoms with Crippen molar-refractivity contribution >= 4 is 41.4 Å². The molecule has 0 bridgehead atoms. The molecule has 1 aliphatic rings. The maximum Gasteiger partial charge on any atom is 0.416 e. The summed E-state index contributed by atoms with van der Waals surface area (Å²) >= 11 is 0. The molecule has 1 aliphatic heterocycles. The lowest BCUT2D eigenvalue weighted by molar-refractivity contribution is -0.154. The number of carbonyl (C=O) groups is 7. The maximum absolute atomic E-state index is 14.2. The van der Waals surface area contributed by atoms with Gasteiger partial charge in [0.1, 0.15) is 24.2 Å². The second kappa shape index (κ2) is 24.0. The molecule has 9 atom stereocenters. The molecule has 18 heteroatoms. The first-order valence-electron chi connectivity index (χ1n) is 21.3. The van der Waals surface area contributed by atoms with Gasteiger partial charge in [0.05, 0.1) is 24.3 Å². The highest BCUT2D eigenvalue weighted by Crippen LogP contribution is 2.29. The lowest BCUT2D eigenvalue weighted by Gasteiger charge is -2.33. The number of carbonyl (C=O) groups excluding carboxylic acids is 7. The van der Waals surface area contributed by atoms with Crippen LogP contribution < -0.4 is 21.3 Å². The Kier molecular flexibility index (Phi) is 20.5. The number of nitrogens with one attached hydrogen (secondary N) is 4. The minimum absolute atomic E-state index is 0.0332. The van der Waals surface area contributed by atoms with Crippen molar-refractivity contribution in [2.24, 2.45) is 17.8 Å². The van der Waals surface area contributed by atoms with E-state index in [0.29, 0.717) is 12.0 Å². The summed E-state index contributed by atoms with van der Waals surface area (Å²) < 4.78 is 45.8. The number of amides is 6. The van der Waals surface area contributed by atoms with Crippen LogP contribution in [-0.4, -0.2) is 119 Å². The number of halogens is 3. The van der Waals surface area contributed by atoms with Crippen LogP contribution in [0.4, 0.5) is 13.2 Å².